The Kier molecular flexibility index (Phi) is 18.7. The van der Waals surface area contributed by atoms with Gasteiger partial charge in [-0.25, -0.2) is 0 Å². The van der Waals surface area contributed by atoms with Crippen LogP contribution in [0.4, 0.5) is 0 Å². The molecule has 0 aliphatic carbocycles. The first-order valence-electron chi connectivity index (χ1n) is 3.10. The van der Waals surface area contributed by atoms with Crippen LogP contribution in [0.5, 0.6) is 0 Å². The zero-order chi connectivity index (χ0) is 8.57. The van der Waals surface area contributed by atoms with Crippen molar-refractivity contribution in [3.8, 4) is 0 Å². The molecule has 0 aliphatic heterocycles. The quantitative estimate of drug-likeness (QED) is 0.582. The fourth-order valence-corrected chi connectivity index (χ4v) is 0. The monoisotopic (exact) mass is 188 g/mol. The van der Waals surface area contributed by atoms with Gasteiger partial charge in [-0.05, 0) is 13.8 Å². The number of rotatable bonds is 2. The summed E-state index contributed by atoms with van der Waals surface area (Å²) in [6.07, 6.45) is 3.44. The summed E-state index contributed by atoms with van der Waals surface area (Å²) in [6, 6.07) is 0. The molecule has 0 aromatic rings. The van der Waals surface area contributed by atoms with E-state index in [0.717, 1.165) is 11.1 Å². The van der Waals surface area contributed by atoms with Crippen molar-refractivity contribution in [3.63, 3.8) is 0 Å². The maximum atomic E-state index is 3.56. The van der Waals surface area contributed by atoms with Crippen LogP contribution in [0, 0.1) is 0 Å². The van der Waals surface area contributed by atoms with Crippen LogP contribution in [-0.4, -0.2) is 0 Å². The predicted molar refractivity (Wildman–Crippen MR) is 50.0 cm³/mol. The maximum absolute atomic E-state index is 3.56. The van der Waals surface area contributed by atoms with E-state index in [0.29, 0.717) is 0 Å². The van der Waals surface area contributed by atoms with Crippen molar-refractivity contribution < 1.29 is 17.4 Å². The molecule has 0 aromatic heterocycles. The number of hydrogen-bond acceptors (Lipinski definition) is 0. The third-order valence-corrected chi connectivity index (χ3v) is 0.697. The molecule has 0 saturated carbocycles. The molecule has 0 rings (SSSR count). The summed E-state index contributed by atoms with van der Waals surface area (Å²) in [6.45, 7) is 17.9. The van der Waals surface area contributed by atoms with Crippen molar-refractivity contribution in [2.45, 2.75) is 13.8 Å². The van der Waals surface area contributed by atoms with E-state index in [1.54, 1.807) is 12.2 Å². The molecule has 0 bridgehead atoms. The molecule has 0 saturated heterocycles. The van der Waals surface area contributed by atoms with Crippen LogP contribution in [-0.2, 0) is 17.4 Å². The second-order valence-electron chi connectivity index (χ2n) is 2.10. The molecule has 0 heterocycles. The topological polar surface area (TPSA) is 0 Å². The Morgan fingerprint density at radius 3 is 1.00 bits per heavy atom. The molecule has 0 aromatic carbocycles. The van der Waals surface area contributed by atoms with E-state index in [4.69, 9.17) is 0 Å². The summed E-state index contributed by atoms with van der Waals surface area (Å²) in [5.41, 5.74) is 2.04. The Bertz CT molecular complexity index is 125. The third-order valence-electron chi connectivity index (χ3n) is 0.697. The first-order valence-corrected chi connectivity index (χ1v) is 3.10. The summed E-state index contributed by atoms with van der Waals surface area (Å²) in [4.78, 5) is 0. The molecule has 0 radical (unpaired) electrons. The van der Waals surface area contributed by atoms with Crippen molar-refractivity contribution in [2.24, 2.45) is 0 Å². The average Bonchev–Trinajstić information content (AvgIpc) is 1.89. The zero-order valence-electron chi connectivity index (χ0n) is 7.39. The predicted octanol–water partition coefficient (Wildman–Crippen LogP) is 3.49. The molecule has 0 nitrogen and oxygen atoms in total. The van der Waals surface area contributed by atoms with E-state index in [9.17, 15) is 0 Å². The van der Waals surface area contributed by atoms with E-state index in [2.05, 4.69) is 26.3 Å². The Hall–Kier alpha value is -0.508. The first-order chi connectivity index (χ1) is 4.54. The van der Waals surface area contributed by atoms with Crippen LogP contribution >= 0.6 is 0 Å². The minimum atomic E-state index is 0. The van der Waals surface area contributed by atoms with Gasteiger partial charge < -0.3 is 0 Å². The Morgan fingerprint density at radius 1 is 0.909 bits per heavy atom. The number of hydrogen-bond donors (Lipinski definition) is 0. The fraction of sp³-hybridized carbons (Fsp3) is 0.200. The van der Waals surface area contributed by atoms with Crippen molar-refractivity contribution >= 4 is 0 Å². The van der Waals surface area contributed by atoms with Crippen molar-refractivity contribution in [1.82, 2.24) is 0 Å². The normalized spacial score (nSPS) is 6.00. The summed E-state index contributed by atoms with van der Waals surface area (Å²) in [7, 11) is 0. The average molecular weight is 188 g/mol. The van der Waals surface area contributed by atoms with Gasteiger partial charge in [0.05, 0.1) is 0 Å². The second kappa shape index (κ2) is 12.2. The summed E-state index contributed by atoms with van der Waals surface area (Å²) >= 11 is 0. The maximum Gasteiger partial charge on any atom is 0 e. The molecule has 1 heteroatoms. The van der Waals surface area contributed by atoms with Gasteiger partial charge in [-0.2, -0.15) is 0 Å². The molecule has 0 N–H and O–H groups in total. The molecule has 0 spiro atoms. The van der Waals surface area contributed by atoms with Crippen molar-refractivity contribution in [3.05, 3.63) is 49.6 Å². The molecule has 0 atom stereocenters. The van der Waals surface area contributed by atoms with Crippen LogP contribution in [0.15, 0.2) is 49.6 Å². The fourth-order valence-electron chi connectivity index (χ4n) is 0. The van der Waals surface area contributed by atoms with E-state index < -0.39 is 0 Å². The van der Waals surface area contributed by atoms with Crippen LogP contribution in [0.25, 0.3) is 0 Å². The Balaban J connectivity index is -0.000000107. The van der Waals surface area contributed by atoms with Gasteiger partial charge in [0, 0.05) is 17.4 Å². The number of allylic oxidation sites excluding steroid dienone is 4. The van der Waals surface area contributed by atoms with E-state index in [-0.39, 0.29) is 17.4 Å². The van der Waals surface area contributed by atoms with Gasteiger partial charge in [-0.3, -0.25) is 0 Å². The van der Waals surface area contributed by atoms with Gasteiger partial charge >= 0.3 is 0 Å². The molecule has 62 valence electrons. The van der Waals surface area contributed by atoms with Crippen LogP contribution in [0.3, 0.4) is 0 Å². The minimum Gasteiger partial charge on any atom is -0.0988 e. The van der Waals surface area contributed by atoms with Gasteiger partial charge in [0.25, 0.3) is 0 Å². The van der Waals surface area contributed by atoms with E-state index in [1.807, 2.05) is 13.8 Å². The summed E-state index contributed by atoms with van der Waals surface area (Å²) in [5.74, 6) is 0. The molecule has 11 heavy (non-hydrogen) atoms. The smallest absolute Gasteiger partial charge is 0 e. The van der Waals surface area contributed by atoms with Gasteiger partial charge in [0.15, 0.2) is 0 Å². The van der Waals surface area contributed by atoms with Crippen molar-refractivity contribution in [2.75, 3.05) is 0 Å². The second-order valence-corrected chi connectivity index (χ2v) is 2.10. The molecule has 0 unspecified atom stereocenters. The van der Waals surface area contributed by atoms with Crippen LogP contribution < -0.4 is 0 Å². The summed E-state index contributed by atoms with van der Waals surface area (Å²) in [5, 5.41) is 0. The van der Waals surface area contributed by atoms with Crippen LogP contribution in [0.1, 0.15) is 13.8 Å². The Labute approximate surface area is 81.1 Å². The van der Waals surface area contributed by atoms with Gasteiger partial charge in [0.2, 0.25) is 0 Å². The van der Waals surface area contributed by atoms with E-state index >= 15 is 0 Å². The molecule has 0 aliphatic rings. The summed E-state index contributed by atoms with van der Waals surface area (Å²) < 4.78 is 0. The minimum absolute atomic E-state index is 0. The standard InChI is InChI=1S/2C5H8.Cr/c2*1-4-5(2)3;/h2*4H,1-2H2,3H3;. The molecule has 0 fully saturated rings. The van der Waals surface area contributed by atoms with Gasteiger partial charge in [-0.15, -0.1) is 0 Å². The van der Waals surface area contributed by atoms with E-state index in [1.165, 1.54) is 0 Å². The third kappa shape index (κ3) is 43.7. The molecular formula is C10H16Cr. The Morgan fingerprint density at radius 2 is 1.00 bits per heavy atom. The SMILES string of the molecule is C=CC(=C)C.C=CC(=C)C.[Cr]. The molecular weight excluding hydrogens is 172 g/mol. The molecule has 0 amide bonds. The first kappa shape index (κ1) is 16.8. The van der Waals surface area contributed by atoms with Gasteiger partial charge in [0.1, 0.15) is 0 Å². The largest absolute Gasteiger partial charge is 0.0988 e. The van der Waals surface area contributed by atoms with Crippen LogP contribution in [0.2, 0.25) is 0 Å². The zero-order valence-corrected chi connectivity index (χ0v) is 8.67. The van der Waals surface area contributed by atoms with Crippen molar-refractivity contribution in [1.29, 1.82) is 0 Å². The van der Waals surface area contributed by atoms with Gasteiger partial charge in [-0.1, -0.05) is 49.6 Å².